The lowest BCUT2D eigenvalue weighted by Crippen LogP contribution is -2.44. The number of ether oxygens (including phenoxy) is 5. The molecule has 0 saturated carbocycles. The molecule has 0 aliphatic rings. The zero-order chi connectivity index (χ0) is 108. The van der Waals surface area contributed by atoms with E-state index < -0.39 is 79.2 Å². The Morgan fingerprint density at radius 1 is 0.298 bits per heavy atom. The van der Waals surface area contributed by atoms with E-state index in [1.54, 1.807) is 149 Å². The number of hydrogen-bond acceptors (Lipinski definition) is 35. The average molecular weight is 2170 g/mol. The van der Waals surface area contributed by atoms with Crippen LogP contribution in [0, 0.1) is 29.1 Å². The summed E-state index contributed by atoms with van der Waals surface area (Å²) in [5.41, 5.74) is -0.418. The van der Waals surface area contributed by atoms with E-state index in [1.165, 1.54) is 19.3 Å². The van der Waals surface area contributed by atoms with Gasteiger partial charge in [-0.15, -0.1) is 0 Å². The van der Waals surface area contributed by atoms with Gasteiger partial charge in [-0.2, -0.15) is 0 Å². The largest absolute Gasteiger partial charge is 0.500 e. The van der Waals surface area contributed by atoms with E-state index in [-0.39, 0.29) is 70.2 Å². The van der Waals surface area contributed by atoms with Gasteiger partial charge in [0.2, 0.25) is 0 Å². The molecule has 42 nitrogen and oxygen atoms in total. The SMILES string of the molecule is C.C.CCC(C)(C)C(=O)OCCC[Si](OC)(OC)OC.CCC(C)C.CCC(C)C(=O)OCC(C)CNCCC[Si](OC)(OC)OC.CCC(C)CC.CCC(C)OC(=O)NCCC[Si](OC)(OC)OC.CCCCN(CCOC(=O)NCCC[Si](OC)(OC)OC)CCOC(=O)NCCC[Si](OC)(OC)OC.CO[Si](CCCNC(=O)NCCCCCNC(=O)NCCC[Si](OC)(OC)OC)(OC)OC. The van der Waals surface area contributed by atoms with Crippen LogP contribution in [-0.2, 0) is 126 Å². The van der Waals surface area contributed by atoms with E-state index in [0.29, 0.717) is 146 Å². The maximum absolute atomic E-state index is 12.0. The molecule has 0 spiro atoms. The minimum atomic E-state index is -2.64. The van der Waals surface area contributed by atoms with E-state index in [9.17, 15) is 33.6 Å². The van der Waals surface area contributed by atoms with E-state index in [0.717, 1.165) is 102 Å². The van der Waals surface area contributed by atoms with Crippen LogP contribution in [-0.4, -0.2) is 369 Å². The number of carbonyl (C=O) groups is 7. The van der Waals surface area contributed by atoms with Crippen molar-refractivity contribution in [3.63, 3.8) is 0 Å². The topological polar surface area (TPSA) is 459 Å². The lowest BCUT2D eigenvalue weighted by molar-refractivity contribution is -0.154. The van der Waals surface area contributed by atoms with Crippen LogP contribution >= 0.6 is 0 Å². The van der Waals surface area contributed by atoms with Crippen LogP contribution in [0.2, 0.25) is 42.3 Å². The summed E-state index contributed by atoms with van der Waals surface area (Å²) in [6, 6.07) is 4.11. The van der Waals surface area contributed by atoms with Crippen LogP contribution in [0.3, 0.4) is 0 Å². The molecule has 7 amide bonds. The van der Waals surface area contributed by atoms with Crippen LogP contribution < -0.4 is 42.5 Å². The summed E-state index contributed by atoms with van der Waals surface area (Å²) in [4.78, 5) is 84.3. The maximum Gasteiger partial charge on any atom is 0.500 e. The van der Waals surface area contributed by atoms with Gasteiger partial charge in [-0.05, 0) is 136 Å². The molecule has 0 aromatic heterocycles. The molecule has 141 heavy (non-hydrogen) atoms. The summed E-state index contributed by atoms with van der Waals surface area (Å²) in [7, 11) is 15.1. The summed E-state index contributed by atoms with van der Waals surface area (Å²) < 4.78 is 138. The lowest BCUT2D eigenvalue weighted by Gasteiger charge is -2.24. The molecule has 0 rings (SSSR count). The molecule has 0 radical (unpaired) electrons. The summed E-state index contributed by atoms with van der Waals surface area (Å²) in [5.74, 6) is 1.83. The molecule has 0 fully saturated rings. The number of hydrogen-bond donors (Lipinski definition) is 8. The van der Waals surface area contributed by atoms with Crippen molar-refractivity contribution in [2.75, 3.05) is 254 Å². The lowest BCUT2D eigenvalue weighted by atomic mass is 9.91. The molecule has 850 valence electrons. The van der Waals surface area contributed by atoms with Gasteiger partial charge < -0.3 is 159 Å². The van der Waals surface area contributed by atoms with Crippen LogP contribution in [0.15, 0.2) is 0 Å². The first kappa shape index (κ1) is 155. The Hall–Kier alpha value is -4.11. The molecule has 3 atom stereocenters. The van der Waals surface area contributed by atoms with Crippen molar-refractivity contribution in [3.8, 4) is 0 Å². The fourth-order valence-corrected chi connectivity index (χ4v) is 23.5. The van der Waals surface area contributed by atoms with E-state index in [2.05, 4.69) is 103 Å². The van der Waals surface area contributed by atoms with Gasteiger partial charge in [0.25, 0.3) is 0 Å². The van der Waals surface area contributed by atoms with Gasteiger partial charge in [-0.25, -0.2) is 24.0 Å². The molecule has 0 saturated heterocycles. The first-order valence-corrected chi connectivity index (χ1v) is 62.7. The van der Waals surface area contributed by atoms with Crippen molar-refractivity contribution in [2.45, 2.75) is 283 Å². The third-order valence-corrected chi connectivity index (χ3v) is 42.8. The molecule has 0 aliphatic carbocycles. The monoisotopic (exact) mass is 2170 g/mol. The van der Waals surface area contributed by atoms with Crippen LogP contribution in [0.5, 0.6) is 0 Å². The van der Waals surface area contributed by atoms with Gasteiger partial charge in [0.05, 0.1) is 24.5 Å². The predicted octanol–water partition coefficient (Wildman–Crippen LogP) is 15.2. The number of amides is 7. The van der Waals surface area contributed by atoms with Crippen molar-refractivity contribution >= 4 is 104 Å². The second-order valence-corrected chi connectivity index (χ2v) is 55.1. The predicted molar refractivity (Wildman–Crippen MR) is 570 cm³/mol. The molecule has 0 bridgehead atoms. The first-order chi connectivity index (χ1) is 66.1. The van der Waals surface area contributed by atoms with Gasteiger partial charge in [0, 0.05) is 263 Å². The highest BCUT2D eigenvalue weighted by Crippen LogP contribution is 2.24. The number of alkyl carbamates (subject to hydrolysis) is 3. The Labute approximate surface area is 862 Å². The smallest absolute Gasteiger partial charge is 0.465 e. The molecule has 49 heteroatoms. The molecule has 8 N–H and O–H groups in total. The molecule has 0 aromatic rings. The highest BCUT2D eigenvalue weighted by Gasteiger charge is 2.42. The highest BCUT2D eigenvalue weighted by molar-refractivity contribution is 6.62. The second kappa shape index (κ2) is 99.2. The molecule has 0 aliphatic heterocycles. The number of unbranched alkanes of at least 4 members (excludes halogenated alkanes) is 3. The average Bonchev–Trinajstić information content (AvgIpc) is 0.897. The van der Waals surface area contributed by atoms with Crippen molar-refractivity contribution in [1.29, 1.82) is 0 Å². The third-order valence-electron chi connectivity index (χ3n) is 23.0. The number of urea groups is 2. The van der Waals surface area contributed by atoms with Crippen molar-refractivity contribution in [1.82, 2.24) is 47.4 Å². The van der Waals surface area contributed by atoms with Crippen molar-refractivity contribution in [3.05, 3.63) is 0 Å². The zero-order valence-electron chi connectivity index (χ0n) is 93.3. The zero-order valence-corrected chi connectivity index (χ0v) is 100. The fraction of sp³-hybridized carbons (Fsp3) is 0.924. The highest BCUT2D eigenvalue weighted by atomic mass is 28.4. The minimum absolute atomic E-state index is 0. The number of nitrogens with one attached hydrogen (secondary N) is 8. The fourth-order valence-electron chi connectivity index (χ4n) is 11.5. The van der Waals surface area contributed by atoms with Crippen molar-refractivity contribution in [2.24, 2.45) is 29.1 Å². The summed E-state index contributed by atoms with van der Waals surface area (Å²) >= 11 is 0. The van der Waals surface area contributed by atoms with Gasteiger partial charge >= 0.3 is 104 Å². The van der Waals surface area contributed by atoms with Crippen LogP contribution in [0.1, 0.15) is 234 Å². The van der Waals surface area contributed by atoms with Gasteiger partial charge in [-0.1, -0.05) is 124 Å². The Morgan fingerprint density at radius 3 is 0.844 bits per heavy atom. The number of nitrogens with zero attached hydrogens (tertiary/aromatic N) is 1. The van der Waals surface area contributed by atoms with Gasteiger partial charge in [0.15, 0.2) is 0 Å². The van der Waals surface area contributed by atoms with E-state index in [1.807, 2.05) is 48.5 Å². The van der Waals surface area contributed by atoms with E-state index >= 15 is 0 Å². The molecule has 3 unspecified atom stereocenters. The summed E-state index contributed by atoms with van der Waals surface area (Å²) in [6.07, 6.45) is 14.6. The second-order valence-electron chi connectivity index (χ2n) is 33.4. The Morgan fingerprint density at radius 2 is 0.582 bits per heavy atom. The quantitative estimate of drug-likeness (QED) is 0.0121. The third kappa shape index (κ3) is 80.6. The minimum Gasteiger partial charge on any atom is -0.465 e. The molecule has 0 aromatic carbocycles. The van der Waals surface area contributed by atoms with Gasteiger partial charge in [-0.3, -0.25) is 14.5 Å². The number of carbonyl (C=O) groups excluding carboxylic acids is 7. The van der Waals surface area contributed by atoms with Gasteiger partial charge in [0.1, 0.15) is 19.3 Å². The number of esters is 2. The maximum atomic E-state index is 12.0. The summed E-state index contributed by atoms with van der Waals surface area (Å²) in [5, 5.41) is 22.8. The first-order valence-electron chi connectivity index (χ1n) is 49.2. The normalized spacial score (nSPS) is 12.2. The Balaban J connectivity index is -0.000000219. The molecule has 0 heterocycles. The standard InChI is InChI=1S/C22H49N3O10Si2.C19H44N4O8Si2.C15H33NO5Si.C12H26O5Si.C11H25NO5Si.C6H14.C5H12.2CH4/c1-8-9-14-25(15-17-34-21(26)23-12-10-19-36(28-2,29-3)30-4)16-18-35-22(27)24-13-11-20-37(31-5,32-6)33-7;1-26-32(27-2,28-3)16-10-14-22-18(24)20-12-8-7-9-13-21-19(25)23-15-11-17-33(29-4,30-5)31-6;1-7-14(3)15(17)21-12-13(2)11-16-9-8-10-22(18-4,19-5)20-6;1-7-12(2,3)11(13)17-9-8-10-18(14-4,15-5)16-6;1-6-10(2)17-11(13)12-8-7-9-18(14-3,15-4)16-5;1-4-6(3)5-2;1-4-5(2)3;;/h8-20H2,1-7H3,(H,23,26)(H,24,27);7-17H2,1-6H3,(H2,20,22,24)(H2,21,23,25);13-14,16H,7-12H2,1-6H3;7-10H2,1-6H3;10H,6-9H2,1-5H3,(H,12,13);6H,4-5H2,1-3H3;5H,4H2,1-3H3;2*1H4. The van der Waals surface area contributed by atoms with Crippen LogP contribution in [0.25, 0.3) is 0 Å². The molecular formula is C92H211N9O33Si7. The number of rotatable bonds is 77. The summed E-state index contributed by atoms with van der Waals surface area (Å²) in [6.45, 7) is 39.4. The van der Waals surface area contributed by atoms with Crippen molar-refractivity contribution < 1.29 is 150 Å². The Kier molecular flexibility index (Phi) is 109. The Bertz CT molecular complexity index is 2710. The van der Waals surface area contributed by atoms with Crippen LogP contribution in [0.4, 0.5) is 24.0 Å². The van der Waals surface area contributed by atoms with E-state index in [4.69, 9.17) is 117 Å². The molecular weight excluding hydrogens is 1960 g/mol.